The van der Waals surface area contributed by atoms with E-state index in [0.29, 0.717) is 11.7 Å². The molecule has 19 heavy (non-hydrogen) atoms. The van der Waals surface area contributed by atoms with Crippen molar-refractivity contribution in [1.82, 2.24) is 0 Å². The Labute approximate surface area is 110 Å². The van der Waals surface area contributed by atoms with Crippen molar-refractivity contribution in [3.8, 4) is 0 Å². The molecule has 0 unspecified atom stereocenters. The molecule has 0 aliphatic heterocycles. The van der Waals surface area contributed by atoms with Gasteiger partial charge in [0.2, 0.25) is 0 Å². The maximum absolute atomic E-state index is 10.5. The summed E-state index contributed by atoms with van der Waals surface area (Å²) in [6.45, 7) is 4.25. The van der Waals surface area contributed by atoms with Gasteiger partial charge in [0.25, 0.3) is 0 Å². The topological polar surface area (TPSA) is 68.6 Å². The van der Waals surface area contributed by atoms with Crippen molar-refractivity contribution < 1.29 is 9.34 Å². The average molecular weight is 258 g/mol. The largest absolute Gasteiger partial charge is 0.433 e. The van der Waals surface area contributed by atoms with E-state index in [1.807, 2.05) is 24.3 Å². The summed E-state index contributed by atoms with van der Waals surface area (Å²) in [6.07, 6.45) is 1.47. The molecule has 1 aromatic heterocycles. The lowest BCUT2D eigenvalue weighted by molar-refractivity contribution is -0.402. The molecule has 0 fully saturated rings. The van der Waals surface area contributed by atoms with Gasteiger partial charge in [0.1, 0.15) is 4.92 Å². The molecule has 0 saturated heterocycles. The van der Waals surface area contributed by atoms with Crippen LogP contribution in [0.25, 0.3) is 0 Å². The third-order valence-electron chi connectivity index (χ3n) is 2.69. The molecule has 98 valence electrons. The van der Waals surface area contributed by atoms with Crippen LogP contribution in [0.15, 0.2) is 45.8 Å². The van der Waals surface area contributed by atoms with Gasteiger partial charge < -0.3 is 4.42 Å². The highest BCUT2D eigenvalue weighted by atomic mass is 16.6. The fourth-order valence-electron chi connectivity index (χ4n) is 1.59. The van der Waals surface area contributed by atoms with Crippen LogP contribution in [0.1, 0.15) is 31.1 Å². The first-order valence-corrected chi connectivity index (χ1v) is 5.94. The number of nitro groups is 1. The van der Waals surface area contributed by atoms with Crippen molar-refractivity contribution in [3.63, 3.8) is 0 Å². The zero-order valence-corrected chi connectivity index (χ0v) is 10.7. The minimum Gasteiger partial charge on any atom is -0.400 e. The second-order valence-corrected chi connectivity index (χ2v) is 4.44. The molecule has 1 aromatic carbocycles. The highest BCUT2D eigenvalue weighted by Gasteiger charge is 2.10. The van der Waals surface area contributed by atoms with E-state index in [1.165, 1.54) is 23.9 Å². The minimum atomic E-state index is -0.575. The van der Waals surface area contributed by atoms with Gasteiger partial charge in [-0.15, -0.1) is 0 Å². The van der Waals surface area contributed by atoms with Crippen LogP contribution in [0.2, 0.25) is 0 Å². The second kappa shape index (κ2) is 5.48. The summed E-state index contributed by atoms with van der Waals surface area (Å²) >= 11 is 0. The molecule has 0 N–H and O–H groups in total. The van der Waals surface area contributed by atoms with Crippen molar-refractivity contribution in [3.05, 3.63) is 57.8 Å². The predicted molar refractivity (Wildman–Crippen MR) is 73.1 cm³/mol. The van der Waals surface area contributed by atoms with E-state index in [0.717, 1.165) is 5.69 Å². The number of nitrogens with zero attached hydrogens (tertiary/aromatic N) is 2. The minimum absolute atomic E-state index is 0.281. The molecule has 0 atom stereocenters. The molecule has 1 heterocycles. The van der Waals surface area contributed by atoms with Gasteiger partial charge in [-0.1, -0.05) is 26.0 Å². The van der Waals surface area contributed by atoms with E-state index in [4.69, 9.17) is 4.42 Å². The van der Waals surface area contributed by atoms with Gasteiger partial charge in [-0.2, -0.15) is 0 Å². The molecule has 0 aliphatic carbocycles. The number of furan rings is 1. The van der Waals surface area contributed by atoms with Crippen molar-refractivity contribution in [2.24, 2.45) is 4.99 Å². The molecular formula is C14H14N2O3. The Balaban J connectivity index is 2.11. The van der Waals surface area contributed by atoms with Crippen molar-refractivity contribution >= 4 is 17.8 Å². The van der Waals surface area contributed by atoms with Crippen LogP contribution in [-0.4, -0.2) is 11.1 Å². The lowest BCUT2D eigenvalue weighted by Gasteiger charge is -2.04. The first kappa shape index (κ1) is 13.0. The molecule has 0 amide bonds. The predicted octanol–water partition coefficient (Wildman–Crippen LogP) is 4.06. The molecule has 2 aromatic rings. The molecule has 5 nitrogen and oxygen atoms in total. The van der Waals surface area contributed by atoms with Crippen LogP contribution < -0.4 is 0 Å². The van der Waals surface area contributed by atoms with Crippen LogP contribution in [0.4, 0.5) is 11.6 Å². The van der Waals surface area contributed by atoms with E-state index < -0.39 is 4.92 Å². The van der Waals surface area contributed by atoms with E-state index in [2.05, 4.69) is 18.8 Å². The Morgan fingerprint density at radius 2 is 1.89 bits per heavy atom. The number of benzene rings is 1. The number of aliphatic imine (C=N–C) groups is 1. The Bertz CT molecular complexity index is 597. The third kappa shape index (κ3) is 3.28. The van der Waals surface area contributed by atoms with Crippen LogP contribution in [-0.2, 0) is 0 Å². The van der Waals surface area contributed by atoms with Gasteiger partial charge >= 0.3 is 5.88 Å². The molecule has 0 bridgehead atoms. The van der Waals surface area contributed by atoms with E-state index in [9.17, 15) is 10.1 Å². The fourth-order valence-corrected chi connectivity index (χ4v) is 1.59. The molecule has 2 rings (SSSR count). The fraction of sp³-hybridized carbons (Fsp3) is 0.214. The summed E-state index contributed by atoms with van der Waals surface area (Å²) in [7, 11) is 0. The lowest BCUT2D eigenvalue weighted by Crippen LogP contribution is -1.85. The monoisotopic (exact) mass is 258 g/mol. The Morgan fingerprint density at radius 1 is 1.21 bits per heavy atom. The molecule has 0 aliphatic rings. The molecule has 5 heteroatoms. The summed E-state index contributed by atoms with van der Waals surface area (Å²) in [5.41, 5.74) is 2.02. The number of hydrogen-bond acceptors (Lipinski definition) is 4. The Morgan fingerprint density at radius 3 is 2.42 bits per heavy atom. The smallest absolute Gasteiger partial charge is 0.400 e. The zero-order chi connectivity index (χ0) is 13.8. The highest BCUT2D eigenvalue weighted by molar-refractivity contribution is 5.78. The van der Waals surface area contributed by atoms with Crippen molar-refractivity contribution in [1.29, 1.82) is 0 Å². The van der Waals surface area contributed by atoms with Crippen LogP contribution in [0.3, 0.4) is 0 Å². The van der Waals surface area contributed by atoms with Gasteiger partial charge in [-0.25, -0.2) is 0 Å². The quantitative estimate of drug-likeness (QED) is 0.471. The SMILES string of the molecule is CC(C)c1ccc(N=Cc2ccc([N+](=O)[O-])o2)cc1. The second-order valence-electron chi connectivity index (χ2n) is 4.44. The van der Waals surface area contributed by atoms with Crippen LogP contribution >= 0.6 is 0 Å². The van der Waals surface area contributed by atoms with Gasteiger partial charge in [0.15, 0.2) is 5.76 Å². The first-order valence-electron chi connectivity index (χ1n) is 5.94. The van der Waals surface area contributed by atoms with Gasteiger partial charge in [-0.05, 0) is 29.7 Å². The number of hydrogen-bond donors (Lipinski definition) is 0. The van der Waals surface area contributed by atoms with Gasteiger partial charge in [0.05, 0.1) is 18.0 Å². The summed E-state index contributed by atoms with van der Waals surface area (Å²) < 4.78 is 4.98. The van der Waals surface area contributed by atoms with Crippen molar-refractivity contribution in [2.75, 3.05) is 0 Å². The Hall–Kier alpha value is -2.43. The molecule has 0 spiro atoms. The summed E-state index contributed by atoms with van der Waals surface area (Å²) in [4.78, 5) is 14.1. The van der Waals surface area contributed by atoms with E-state index >= 15 is 0 Å². The zero-order valence-electron chi connectivity index (χ0n) is 10.7. The third-order valence-corrected chi connectivity index (χ3v) is 2.69. The molecular weight excluding hydrogens is 244 g/mol. The Kier molecular flexibility index (Phi) is 3.75. The average Bonchev–Trinajstić information content (AvgIpc) is 2.86. The highest BCUT2D eigenvalue weighted by Crippen LogP contribution is 2.19. The summed E-state index contributed by atoms with van der Waals surface area (Å²) in [6, 6.07) is 10.7. The standard InChI is InChI=1S/C14H14N2O3/c1-10(2)11-3-5-12(6-4-11)15-9-13-7-8-14(19-13)16(17)18/h3-10H,1-2H3. The van der Waals surface area contributed by atoms with Crippen molar-refractivity contribution in [2.45, 2.75) is 19.8 Å². The summed E-state index contributed by atoms with van der Waals surface area (Å²) in [5, 5.41) is 10.5. The first-order chi connectivity index (χ1) is 9.06. The summed E-state index contributed by atoms with van der Waals surface area (Å²) in [5.74, 6) is 0.557. The van der Waals surface area contributed by atoms with Crippen LogP contribution in [0, 0.1) is 10.1 Å². The van der Waals surface area contributed by atoms with E-state index in [-0.39, 0.29) is 5.88 Å². The van der Waals surface area contributed by atoms with Crippen LogP contribution in [0.5, 0.6) is 0 Å². The number of rotatable bonds is 4. The lowest BCUT2D eigenvalue weighted by atomic mass is 10.0. The maximum atomic E-state index is 10.5. The van der Waals surface area contributed by atoms with Gasteiger partial charge in [0, 0.05) is 0 Å². The molecule has 0 radical (unpaired) electrons. The molecule has 0 saturated carbocycles. The maximum Gasteiger partial charge on any atom is 0.433 e. The van der Waals surface area contributed by atoms with Gasteiger partial charge in [-0.3, -0.25) is 15.1 Å². The van der Waals surface area contributed by atoms with E-state index in [1.54, 1.807) is 0 Å². The normalized spacial score (nSPS) is 11.3.